The molecular weight excluding hydrogens is 316 g/mol. The van der Waals surface area contributed by atoms with Crippen LogP contribution in [0.15, 0.2) is 29.3 Å². The highest BCUT2D eigenvalue weighted by Crippen LogP contribution is 2.26. The predicted octanol–water partition coefficient (Wildman–Crippen LogP) is 2.89. The zero-order chi connectivity index (χ0) is 18.0. The number of amides is 1. The minimum atomic E-state index is -0.457. The van der Waals surface area contributed by atoms with Crippen LogP contribution in [0, 0.1) is 0 Å². The van der Waals surface area contributed by atoms with Crippen LogP contribution in [-0.4, -0.2) is 53.1 Å². The Balaban J connectivity index is 1.61. The molecule has 0 aromatic heterocycles. The molecule has 0 unspecified atom stereocenters. The third-order valence-electron chi connectivity index (χ3n) is 4.70. The Labute approximate surface area is 149 Å². The van der Waals surface area contributed by atoms with E-state index in [2.05, 4.69) is 16.0 Å². The molecule has 2 aliphatic heterocycles. The topological polar surface area (TPSA) is 71.2 Å². The van der Waals surface area contributed by atoms with Crippen molar-refractivity contribution < 1.29 is 9.53 Å². The van der Waals surface area contributed by atoms with Gasteiger partial charge in [-0.2, -0.15) is 0 Å². The summed E-state index contributed by atoms with van der Waals surface area (Å²) in [5.74, 6) is 0.584. The van der Waals surface area contributed by atoms with E-state index in [1.54, 1.807) is 4.90 Å². The number of carbonyl (C=O) groups excluding carboxylic acids is 1. The molecule has 6 heteroatoms. The maximum atomic E-state index is 12.2. The Kier molecular flexibility index (Phi) is 4.88. The zero-order valence-corrected chi connectivity index (χ0v) is 15.4. The number of carbonyl (C=O) groups is 1. The number of nitrogens with zero attached hydrogens (tertiary/aromatic N) is 3. The van der Waals surface area contributed by atoms with Gasteiger partial charge in [-0.15, -0.1) is 0 Å². The van der Waals surface area contributed by atoms with Crippen LogP contribution in [0.25, 0.3) is 0 Å². The van der Waals surface area contributed by atoms with E-state index in [9.17, 15) is 4.79 Å². The van der Waals surface area contributed by atoms with E-state index in [-0.39, 0.29) is 6.09 Å². The molecule has 6 nitrogen and oxygen atoms in total. The molecule has 0 atom stereocenters. The number of rotatable bonds is 1. The number of nitrogens with two attached hydrogens (primary N) is 1. The van der Waals surface area contributed by atoms with Crippen molar-refractivity contribution in [2.45, 2.75) is 51.7 Å². The Morgan fingerprint density at radius 3 is 2.56 bits per heavy atom. The van der Waals surface area contributed by atoms with Gasteiger partial charge < -0.3 is 20.3 Å². The molecule has 3 rings (SSSR count). The quantitative estimate of drug-likeness (QED) is 0.850. The number of fused-ring (bicyclic) bond motifs is 1. The predicted molar refractivity (Wildman–Crippen MR) is 99.0 cm³/mol. The number of hydrogen-bond donors (Lipinski definition) is 1. The number of hydrogen-bond acceptors (Lipinski definition) is 5. The summed E-state index contributed by atoms with van der Waals surface area (Å²) in [5, 5.41) is 0. The molecule has 0 saturated carbocycles. The molecule has 0 spiro atoms. The summed E-state index contributed by atoms with van der Waals surface area (Å²) in [7, 11) is 0. The van der Waals surface area contributed by atoms with Crippen molar-refractivity contribution in [1.82, 2.24) is 9.80 Å². The van der Waals surface area contributed by atoms with Crippen molar-refractivity contribution in [2.75, 3.05) is 19.6 Å². The van der Waals surface area contributed by atoms with E-state index in [4.69, 9.17) is 10.5 Å². The van der Waals surface area contributed by atoms with Crippen LogP contribution >= 0.6 is 0 Å². The summed E-state index contributed by atoms with van der Waals surface area (Å²) in [6, 6.07) is 8.47. The average molecular weight is 344 g/mol. The normalized spacial score (nSPS) is 19.1. The molecule has 1 amide bonds. The summed E-state index contributed by atoms with van der Waals surface area (Å²) in [4.78, 5) is 20.8. The maximum absolute atomic E-state index is 12.2. The largest absolute Gasteiger partial charge is 0.444 e. The fourth-order valence-electron chi connectivity index (χ4n) is 3.43. The van der Waals surface area contributed by atoms with Gasteiger partial charge in [0.2, 0.25) is 0 Å². The molecule has 0 aliphatic carbocycles. The van der Waals surface area contributed by atoms with Crippen LogP contribution in [0.2, 0.25) is 0 Å². The van der Waals surface area contributed by atoms with Crippen molar-refractivity contribution in [1.29, 1.82) is 0 Å². The van der Waals surface area contributed by atoms with Gasteiger partial charge in [-0.05, 0) is 51.7 Å². The minimum Gasteiger partial charge on any atom is -0.444 e. The van der Waals surface area contributed by atoms with E-state index in [0.717, 1.165) is 31.5 Å². The van der Waals surface area contributed by atoms with E-state index >= 15 is 0 Å². The lowest BCUT2D eigenvalue weighted by molar-refractivity contribution is 0.0173. The second-order valence-electron chi connectivity index (χ2n) is 7.74. The molecular formula is C19H28N4O2. The van der Waals surface area contributed by atoms with Crippen LogP contribution < -0.4 is 5.73 Å². The van der Waals surface area contributed by atoms with Gasteiger partial charge in [0.25, 0.3) is 0 Å². The van der Waals surface area contributed by atoms with Gasteiger partial charge in [0.1, 0.15) is 5.60 Å². The van der Waals surface area contributed by atoms with Gasteiger partial charge in [-0.3, -0.25) is 0 Å². The van der Waals surface area contributed by atoms with Gasteiger partial charge in [0.15, 0.2) is 5.96 Å². The molecule has 0 radical (unpaired) electrons. The molecule has 1 aromatic rings. The Morgan fingerprint density at radius 1 is 1.20 bits per heavy atom. The molecule has 1 aromatic carbocycles. The smallest absolute Gasteiger partial charge is 0.410 e. The van der Waals surface area contributed by atoms with Crippen LogP contribution in [0.3, 0.4) is 0 Å². The standard InChI is InChI=1S/C19H28N4O2/c1-19(2,3)25-18(24)22-11-9-15(10-12-22)23-13-8-14-6-4-5-7-16(14)21-17(23)20/h4-7,15H,8-13H2,1-3H3,(H2,20,21). The highest BCUT2D eigenvalue weighted by atomic mass is 16.6. The van der Waals surface area contributed by atoms with Gasteiger partial charge in [-0.25, -0.2) is 9.79 Å². The number of benzene rings is 1. The highest BCUT2D eigenvalue weighted by Gasteiger charge is 2.31. The van der Waals surface area contributed by atoms with Crippen LogP contribution in [0.1, 0.15) is 39.2 Å². The molecule has 1 saturated heterocycles. The van der Waals surface area contributed by atoms with Crippen molar-refractivity contribution in [3.8, 4) is 0 Å². The lowest BCUT2D eigenvalue weighted by atomic mass is 10.0. The minimum absolute atomic E-state index is 0.226. The molecule has 136 valence electrons. The summed E-state index contributed by atoms with van der Waals surface area (Å²) in [5.41, 5.74) is 8.02. The van der Waals surface area contributed by atoms with Crippen LogP contribution in [-0.2, 0) is 11.2 Å². The summed E-state index contributed by atoms with van der Waals surface area (Å²) >= 11 is 0. The van der Waals surface area contributed by atoms with Crippen molar-refractivity contribution in [3.63, 3.8) is 0 Å². The maximum Gasteiger partial charge on any atom is 0.410 e. The molecule has 2 heterocycles. The number of para-hydroxylation sites is 1. The van der Waals surface area contributed by atoms with E-state index in [1.165, 1.54) is 5.56 Å². The third kappa shape index (κ3) is 4.24. The van der Waals surface area contributed by atoms with E-state index < -0.39 is 5.60 Å². The number of piperidine rings is 1. The molecule has 25 heavy (non-hydrogen) atoms. The van der Waals surface area contributed by atoms with Crippen molar-refractivity contribution in [3.05, 3.63) is 29.8 Å². The average Bonchev–Trinajstić information content (AvgIpc) is 2.71. The molecule has 2 N–H and O–H groups in total. The first-order valence-electron chi connectivity index (χ1n) is 9.00. The molecule has 2 aliphatic rings. The fraction of sp³-hybridized carbons (Fsp3) is 0.579. The number of ether oxygens (including phenoxy) is 1. The third-order valence-corrected chi connectivity index (χ3v) is 4.70. The van der Waals surface area contributed by atoms with E-state index in [0.29, 0.717) is 25.1 Å². The number of guanidine groups is 1. The SMILES string of the molecule is CC(C)(C)OC(=O)N1CCC(N2CCc3ccccc3N=C2N)CC1. The van der Waals surface area contributed by atoms with Crippen LogP contribution in [0.4, 0.5) is 10.5 Å². The van der Waals surface area contributed by atoms with Crippen molar-refractivity contribution >= 4 is 17.7 Å². The first kappa shape index (κ1) is 17.6. The molecule has 1 fully saturated rings. The fourth-order valence-corrected chi connectivity index (χ4v) is 3.43. The van der Waals surface area contributed by atoms with Gasteiger partial charge in [0.05, 0.1) is 5.69 Å². The van der Waals surface area contributed by atoms with Gasteiger partial charge >= 0.3 is 6.09 Å². The summed E-state index contributed by atoms with van der Waals surface area (Å²) in [6.45, 7) is 7.92. The monoisotopic (exact) mass is 344 g/mol. The second-order valence-corrected chi connectivity index (χ2v) is 7.74. The number of aliphatic imine (C=N–C) groups is 1. The second kappa shape index (κ2) is 6.94. The lowest BCUT2D eigenvalue weighted by Crippen LogP contribution is -2.51. The Bertz CT molecular complexity index is 658. The van der Waals surface area contributed by atoms with Crippen LogP contribution in [0.5, 0.6) is 0 Å². The highest BCUT2D eigenvalue weighted by molar-refractivity contribution is 5.82. The van der Waals surface area contributed by atoms with Gasteiger partial charge in [0, 0.05) is 25.7 Å². The Morgan fingerprint density at radius 2 is 1.88 bits per heavy atom. The lowest BCUT2D eigenvalue weighted by Gasteiger charge is -2.39. The zero-order valence-electron chi connectivity index (χ0n) is 15.4. The molecule has 0 bridgehead atoms. The van der Waals surface area contributed by atoms with Crippen molar-refractivity contribution in [2.24, 2.45) is 10.7 Å². The van der Waals surface area contributed by atoms with E-state index in [1.807, 2.05) is 39.0 Å². The first-order chi connectivity index (χ1) is 11.8. The summed E-state index contributed by atoms with van der Waals surface area (Å²) < 4.78 is 5.47. The first-order valence-corrected chi connectivity index (χ1v) is 9.00. The van der Waals surface area contributed by atoms with Gasteiger partial charge in [-0.1, -0.05) is 18.2 Å². The Hall–Kier alpha value is -2.24. The number of likely N-dealkylation sites (tertiary alicyclic amines) is 1. The summed E-state index contributed by atoms with van der Waals surface area (Å²) in [6.07, 6.45) is 2.47.